The van der Waals surface area contributed by atoms with Gasteiger partial charge in [-0.3, -0.25) is 14.4 Å². The number of carbonyl (C=O) groups is 1. The molecule has 1 unspecified atom stereocenters. The first-order valence-corrected chi connectivity index (χ1v) is 9.79. The summed E-state index contributed by atoms with van der Waals surface area (Å²) in [6.45, 7) is 6.21. The van der Waals surface area contributed by atoms with E-state index in [1.807, 2.05) is 13.2 Å². The topological polar surface area (TPSA) is 62.2 Å². The van der Waals surface area contributed by atoms with Crippen LogP contribution in [0.2, 0.25) is 0 Å². The number of hydrogen-bond donors (Lipinski definition) is 2. The Balaban J connectivity index is 1.55. The van der Waals surface area contributed by atoms with E-state index in [0.717, 1.165) is 23.6 Å². The summed E-state index contributed by atoms with van der Waals surface area (Å²) in [5, 5.41) is 10.3. The predicted molar refractivity (Wildman–Crippen MR) is 107 cm³/mol. The number of carbonyl (C=O) groups excluding carboxylic acids is 1. The van der Waals surface area contributed by atoms with E-state index in [0.29, 0.717) is 6.54 Å². The lowest BCUT2D eigenvalue weighted by Gasteiger charge is -2.30. The minimum Gasteiger partial charge on any atom is -0.350 e. The standard InChI is InChI=1S/C21H31N5O/c1-16-7-9-26(10-8-16)14-18-6-4-5-17(11-18)12-23-21(27)20(22-2)19-13-24-25(3)15-19/h4-6,11,13,15-16,20,22H,7-10,12,14H2,1-3H3,(H,23,27). The summed E-state index contributed by atoms with van der Waals surface area (Å²) < 4.78 is 1.71. The molecule has 1 amide bonds. The van der Waals surface area contributed by atoms with Crippen molar-refractivity contribution in [2.75, 3.05) is 20.1 Å². The van der Waals surface area contributed by atoms with E-state index in [2.05, 4.69) is 51.8 Å². The molecule has 2 N–H and O–H groups in total. The monoisotopic (exact) mass is 369 g/mol. The molecule has 0 spiro atoms. The summed E-state index contributed by atoms with van der Waals surface area (Å²) in [4.78, 5) is 15.1. The minimum absolute atomic E-state index is 0.0408. The number of amides is 1. The molecular formula is C21H31N5O. The van der Waals surface area contributed by atoms with Crippen molar-refractivity contribution in [1.82, 2.24) is 25.3 Å². The van der Waals surface area contributed by atoms with Crippen LogP contribution in [0.25, 0.3) is 0 Å². The Morgan fingerprint density at radius 1 is 1.30 bits per heavy atom. The first-order valence-electron chi connectivity index (χ1n) is 9.79. The minimum atomic E-state index is -0.391. The lowest BCUT2D eigenvalue weighted by Crippen LogP contribution is -2.35. The van der Waals surface area contributed by atoms with Gasteiger partial charge in [-0.1, -0.05) is 31.2 Å². The SMILES string of the molecule is CNC(C(=O)NCc1cccc(CN2CCC(C)CC2)c1)c1cnn(C)c1. The van der Waals surface area contributed by atoms with Crippen molar-refractivity contribution < 1.29 is 4.79 Å². The van der Waals surface area contributed by atoms with Gasteiger partial charge in [0.05, 0.1) is 6.20 Å². The normalized spacial score (nSPS) is 17.0. The van der Waals surface area contributed by atoms with Gasteiger partial charge < -0.3 is 10.6 Å². The van der Waals surface area contributed by atoms with Gasteiger partial charge in [0.1, 0.15) is 6.04 Å². The number of nitrogens with zero attached hydrogens (tertiary/aromatic N) is 3. The molecule has 6 nitrogen and oxygen atoms in total. The quantitative estimate of drug-likeness (QED) is 0.786. The van der Waals surface area contributed by atoms with Gasteiger partial charge in [0.25, 0.3) is 0 Å². The third-order valence-corrected chi connectivity index (χ3v) is 5.35. The zero-order valence-corrected chi connectivity index (χ0v) is 16.6. The summed E-state index contributed by atoms with van der Waals surface area (Å²) in [6.07, 6.45) is 6.16. The van der Waals surface area contributed by atoms with Gasteiger partial charge >= 0.3 is 0 Å². The number of likely N-dealkylation sites (tertiary alicyclic amines) is 1. The van der Waals surface area contributed by atoms with Crippen LogP contribution in [0.5, 0.6) is 0 Å². The first-order chi connectivity index (χ1) is 13.0. The number of aromatic nitrogens is 2. The molecule has 1 aliphatic heterocycles. The molecule has 6 heteroatoms. The second-order valence-corrected chi connectivity index (χ2v) is 7.67. The molecule has 1 fully saturated rings. The van der Waals surface area contributed by atoms with Crippen LogP contribution in [0.15, 0.2) is 36.7 Å². The molecule has 0 aliphatic carbocycles. The van der Waals surface area contributed by atoms with Crippen molar-refractivity contribution >= 4 is 5.91 Å². The fraction of sp³-hybridized carbons (Fsp3) is 0.524. The third kappa shape index (κ3) is 5.40. The van der Waals surface area contributed by atoms with E-state index in [9.17, 15) is 4.79 Å². The van der Waals surface area contributed by atoms with Crippen molar-refractivity contribution in [3.8, 4) is 0 Å². The molecule has 0 saturated carbocycles. The van der Waals surface area contributed by atoms with Gasteiger partial charge in [-0.05, 0) is 50.0 Å². The molecule has 146 valence electrons. The molecule has 1 saturated heterocycles. The molecule has 1 aliphatic rings. The fourth-order valence-electron chi connectivity index (χ4n) is 3.65. The highest BCUT2D eigenvalue weighted by atomic mass is 16.2. The summed E-state index contributed by atoms with van der Waals surface area (Å²) >= 11 is 0. The largest absolute Gasteiger partial charge is 0.350 e. The number of piperidine rings is 1. The van der Waals surface area contributed by atoms with Gasteiger partial charge in [0, 0.05) is 31.9 Å². The maximum atomic E-state index is 12.6. The van der Waals surface area contributed by atoms with E-state index in [1.54, 1.807) is 17.9 Å². The molecule has 27 heavy (non-hydrogen) atoms. The third-order valence-electron chi connectivity index (χ3n) is 5.35. The molecule has 1 aromatic carbocycles. The molecule has 2 heterocycles. The highest BCUT2D eigenvalue weighted by Crippen LogP contribution is 2.18. The van der Waals surface area contributed by atoms with E-state index in [1.165, 1.54) is 31.5 Å². The van der Waals surface area contributed by atoms with Crippen molar-refractivity contribution in [2.24, 2.45) is 13.0 Å². The van der Waals surface area contributed by atoms with Gasteiger partial charge in [0.15, 0.2) is 0 Å². The Labute approximate surface area is 161 Å². The Morgan fingerprint density at radius 3 is 2.70 bits per heavy atom. The second kappa shape index (κ2) is 9.15. The van der Waals surface area contributed by atoms with Crippen LogP contribution in [-0.4, -0.2) is 40.7 Å². The van der Waals surface area contributed by atoms with Gasteiger partial charge in [-0.2, -0.15) is 5.10 Å². The number of hydrogen-bond acceptors (Lipinski definition) is 4. The van der Waals surface area contributed by atoms with Crippen molar-refractivity contribution in [1.29, 1.82) is 0 Å². The Kier molecular flexibility index (Phi) is 6.63. The number of rotatable bonds is 7. The molecule has 1 atom stereocenters. The van der Waals surface area contributed by atoms with Crippen LogP contribution in [0.4, 0.5) is 0 Å². The molecule has 3 rings (SSSR count). The lowest BCUT2D eigenvalue weighted by atomic mass is 9.98. The maximum Gasteiger partial charge on any atom is 0.242 e. The van der Waals surface area contributed by atoms with Crippen LogP contribution in [-0.2, 0) is 24.9 Å². The number of aryl methyl sites for hydroxylation is 1. The second-order valence-electron chi connectivity index (χ2n) is 7.67. The first kappa shape index (κ1) is 19.6. The predicted octanol–water partition coefficient (Wildman–Crippen LogP) is 2.23. The van der Waals surface area contributed by atoms with E-state index in [4.69, 9.17) is 0 Å². The zero-order valence-electron chi connectivity index (χ0n) is 16.6. The Bertz CT molecular complexity index is 749. The number of nitrogens with one attached hydrogen (secondary N) is 2. The van der Waals surface area contributed by atoms with Crippen LogP contribution >= 0.6 is 0 Å². The van der Waals surface area contributed by atoms with E-state index in [-0.39, 0.29) is 5.91 Å². The zero-order chi connectivity index (χ0) is 19.2. The van der Waals surface area contributed by atoms with E-state index < -0.39 is 6.04 Å². The summed E-state index contributed by atoms with van der Waals surface area (Å²) in [6, 6.07) is 8.14. The average molecular weight is 370 g/mol. The van der Waals surface area contributed by atoms with Gasteiger partial charge in [0.2, 0.25) is 5.91 Å². The summed E-state index contributed by atoms with van der Waals surface area (Å²) in [5.74, 6) is 0.809. The Hall–Kier alpha value is -2.18. The van der Waals surface area contributed by atoms with Crippen molar-refractivity contribution in [3.63, 3.8) is 0 Å². The molecule has 2 aromatic rings. The highest BCUT2D eigenvalue weighted by molar-refractivity contribution is 5.83. The van der Waals surface area contributed by atoms with Crippen LogP contribution in [0.1, 0.15) is 42.5 Å². The van der Waals surface area contributed by atoms with Crippen LogP contribution in [0.3, 0.4) is 0 Å². The fourth-order valence-corrected chi connectivity index (χ4v) is 3.65. The number of likely N-dealkylation sites (N-methyl/N-ethyl adjacent to an activating group) is 1. The van der Waals surface area contributed by atoms with Gasteiger partial charge in [-0.15, -0.1) is 0 Å². The van der Waals surface area contributed by atoms with E-state index >= 15 is 0 Å². The summed E-state index contributed by atoms with van der Waals surface area (Å²) in [5.41, 5.74) is 3.31. The molecule has 0 radical (unpaired) electrons. The summed E-state index contributed by atoms with van der Waals surface area (Å²) in [7, 11) is 3.64. The van der Waals surface area contributed by atoms with Crippen molar-refractivity contribution in [2.45, 2.75) is 38.9 Å². The van der Waals surface area contributed by atoms with Crippen LogP contribution < -0.4 is 10.6 Å². The number of benzene rings is 1. The van der Waals surface area contributed by atoms with Crippen molar-refractivity contribution in [3.05, 3.63) is 53.3 Å². The molecular weight excluding hydrogens is 338 g/mol. The van der Waals surface area contributed by atoms with Crippen LogP contribution in [0, 0.1) is 5.92 Å². The molecule has 0 bridgehead atoms. The average Bonchev–Trinajstić information content (AvgIpc) is 3.09. The molecule has 1 aromatic heterocycles. The highest BCUT2D eigenvalue weighted by Gasteiger charge is 2.20. The maximum absolute atomic E-state index is 12.6. The Morgan fingerprint density at radius 2 is 2.04 bits per heavy atom. The lowest BCUT2D eigenvalue weighted by molar-refractivity contribution is -0.123. The van der Waals surface area contributed by atoms with Gasteiger partial charge in [-0.25, -0.2) is 0 Å². The smallest absolute Gasteiger partial charge is 0.242 e.